The largest absolute Gasteiger partial charge is 0.326 e. The van der Waals surface area contributed by atoms with Gasteiger partial charge in [0.2, 0.25) is 11.8 Å². The maximum absolute atomic E-state index is 12.2. The van der Waals surface area contributed by atoms with Crippen molar-refractivity contribution < 1.29 is 9.59 Å². The zero-order chi connectivity index (χ0) is 19.2. The van der Waals surface area contributed by atoms with E-state index in [1.807, 2.05) is 37.4 Å². The second-order valence-corrected chi connectivity index (χ2v) is 8.99. The number of fused-ring (bicyclic) bond motifs is 1. The number of rotatable bonds is 8. The smallest absolute Gasteiger partial charge is 0.236 e. The van der Waals surface area contributed by atoms with Gasteiger partial charge < -0.3 is 10.6 Å². The Morgan fingerprint density at radius 3 is 2.74 bits per heavy atom. The maximum Gasteiger partial charge on any atom is 0.236 e. The van der Waals surface area contributed by atoms with Gasteiger partial charge in [0.1, 0.15) is 0 Å². The molecule has 0 aliphatic rings. The first-order chi connectivity index (χ1) is 13.1. The maximum atomic E-state index is 12.2. The molecule has 0 saturated heterocycles. The molecule has 0 unspecified atom stereocenters. The van der Waals surface area contributed by atoms with Crippen LogP contribution < -0.4 is 10.6 Å². The lowest BCUT2D eigenvalue weighted by molar-refractivity contribution is -0.120. The summed E-state index contributed by atoms with van der Waals surface area (Å²) in [5.74, 6) is 0.256. The van der Waals surface area contributed by atoms with Crippen LogP contribution in [0.3, 0.4) is 0 Å². The van der Waals surface area contributed by atoms with Gasteiger partial charge in [-0.2, -0.15) is 0 Å². The quantitative estimate of drug-likeness (QED) is 0.509. The fourth-order valence-corrected chi connectivity index (χ4v) is 4.97. The molecule has 2 heterocycles. The molecule has 0 fully saturated rings. The predicted octanol–water partition coefficient (Wildman–Crippen LogP) is 4.86. The van der Waals surface area contributed by atoms with E-state index < -0.39 is 0 Å². The molecule has 0 aliphatic heterocycles. The Hall–Kier alpha value is -1.97. The molecular weight excluding hydrogens is 400 g/mol. The van der Waals surface area contributed by atoms with E-state index in [0.717, 1.165) is 33.1 Å². The molecule has 0 spiro atoms. The topological polar surface area (TPSA) is 84.0 Å². The van der Waals surface area contributed by atoms with E-state index in [1.54, 1.807) is 6.20 Å². The Bertz CT molecular complexity index is 920. The number of carbonyl (C=O) groups is 2. The predicted molar refractivity (Wildman–Crippen MR) is 114 cm³/mol. The summed E-state index contributed by atoms with van der Waals surface area (Å²) in [5, 5.41) is 8.15. The Morgan fingerprint density at radius 1 is 1.22 bits per heavy atom. The van der Waals surface area contributed by atoms with Crippen LogP contribution in [0.25, 0.3) is 10.2 Å². The lowest BCUT2D eigenvalue weighted by atomic mass is 10.0. The van der Waals surface area contributed by atoms with Crippen LogP contribution in [0.5, 0.6) is 0 Å². The summed E-state index contributed by atoms with van der Waals surface area (Å²) in [6, 6.07) is 5.70. The summed E-state index contributed by atoms with van der Waals surface area (Å²) in [6.07, 6.45) is 3.31. The number of benzene rings is 1. The van der Waals surface area contributed by atoms with Crippen molar-refractivity contribution in [2.45, 2.75) is 31.0 Å². The Kier molecular flexibility index (Phi) is 6.81. The molecule has 2 amide bonds. The molecular formula is C18H20N4O2S3. The van der Waals surface area contributed by atoms with Crippen LogP contribution in [0.1, 0.15) is 26.7 Å². The number of nitrogens with zero attached hydrogens (tertiary/aromatic N) is 2. The zero-order valence-corrected chi connectivity index (χ0v) is 17.5. The summed E-state index contributed by atoms with van der Waals surface area (Å²) in [7, 11) is 0. The Labute approximate surface area is 169 Å². The minimum Gasteiger partial charge on any atom is -0.326 e. The summed E-state index contributed by atoms with van der Waals surface area (Å²) in [4.78, 5) is 32.8. The Morgan fingerprint density at radius 2 is 2.04 bits per heavy atom. The van der Waals surface area contributed by atoms with Crippen molar-refractivity contribution in [3.8, 4) is 0 Å². The van der Waals surface area contributed by atoms with Crippen LogP contribution >= 0.6 is 34.4 Å². The molecule has 27 heavy (non-hydrogen) atoms. The van der Waals surface area contributed by atoms with Crippen LogP contribution in [-0.4, -0.2) is 27.5 Å². The highest BCUT2D eigenvalue weighted by Crippen LogP contribution is 2.31. The van der Waals surface area contributed by atoms with Crippen molar-refractivity contribution in [2.75, 3.05) is 16.4 Å². The molecule has 0 saturated carbocycles. The molecule has 2 N–H and O–H groups in total. The van der Waals surface area contributed by atoms with Gasteiger partial charge in [0, 0.05) is 23.2 Å². The van der Waals surface area contributed by atoms with E-state index in [-0.39, 0.29) is 23.5 Å². The molecule has 3 aromatic rings. The van der Waals surface area contributed by atoms with Crippen LogP contribution in [0.2, 0.25) is 0 Å². The fourth-order valence-electron chi connectivity index (χ4n) is 2.51. The van der Waals surface area contributed by atoms with E-state index in [4.69, 9.17) is 0 Å². The molecule has 2 aromatic heterocycles. The molecule has 6 nitrogen and oxygen atoms in total. The third kappa shape index (κ3) is 5.27. The van der Waals surface area contributed by atoms with E-state index in [2.05, 4.69) is 20.6 Å². The van der Waals surface area contributed by atoms with Gasteiger partial charge in [-0.05, 0) is 31.0 Å². The Balaban J connectivity index is 1.61. The highest BCUT2D eigenvalue weighted by atomic mass is 32.2. The minimum absolute atomic E-state index is 0.0321. The van der Waals surface area contributed by atoms with Gasteiger partial charge >= 0.3 is 0 Å². The molecule has 0 atom stereocenters. The average molecular weight is 421 g/mol. The number of hydrogen-bond donors (Lipinski definition) is 2. The number of anilines is 2. The lowest BCUT2D eigenvalue weighted by Gasteiger charge is -2.12. The van der Waals surface area contributed by atoms with E-state index in [1.165, 1.54) is 34.4 Å². The van der Waals surface area contributed by atoms with Gasteiger partial charge in [0.05, 0.1) is 16.0 Å². The number of nitrogens with one attached hydrogen (secondary N) is 2. The third-order valence-corrected chi connectivity index (χ3v) is 6.85. The van der Waals surface area contributed by atoms with Crippen LogP contribution in [-0.2, 0) is 9.59 Å². The number of carbonyl (C=O) groups excluding carboxylic acids is 2. The van der Waals surface area contributed by atoms with Gasteiger partial charge in [0.15, 0.2) is 9.47 Å². The minimum atomic E-state index is -0.104. The fraction of sp³-hybridized carbons (Fsp3) is 0.333. The highest BCUT2D eigenvalue weighted by Gasteiger charge is 2.15. The average Bonchev–Trinajstić information content (AvgIpc) is 3.30. The van der Waals surface area contributed by atoms with Crippen LogP contribution in [0, 0.1) is 5.92 Å². The normalized spacial score (nSPS) is 11.1. The zero-order valence-electron chi connectivity index (χ0n) is 15.0. The summed E-state index contributed by atoms with van der Waals surface area (Å²) < 4.78 is 1.81. The summed E-state index contributed by atoms with van der Waals surface area (Å²) in [5.41, 5.74) is 1.64. The number of amides is 2. The monoisotopic (exact) mass is 420 g/mol. The van der Waals surface area contributed by atoms with Gasteiger partial charge in [-0.25, -0.2) is 9.97 Å². The van der Waals surface area contributed by atoms with Crippen molar-refractivity contribution >= 4 is 67.3 Å². The van der Waals surface area contributed by atoms with E-state index >= 15 is 0 Å². The van der Waals surface area contributed by atoms with Crippen LogP contribution in [0.4, 0.5) is 10.8 Å². The summed E-state index contributed by atoms with van der Waals surface area (Å²) in [6.45, 7) is 4.04. The van der Waals surface area contributed by atoms with Crippen molar-refractivity contribution in [1.82, 2.24) is 9.97 Å². The van der Waals surface area contributed by atoms with E-state index in [9.17, 15) is 9.59 Å². The second-order valence-electron chi connectivity index (χ2n) is 5.84. The number of thioether (sulfide) groups is 1. The molecule has 142 valence electrons. The van der Waals surface area contributed by atoms with Crippen molar-refractivity contribution in [1.29, 1.82) is 0 Å². The number of hydrogen-bond acceptors (Lipinski definition) is 7. The van der Waals surface area contributed by atoms with E-state index in [0.29, 0.717) is 5.13 Å². The molecule has 0 radical (unpaired) electrons. The lowest BCUT2D eigenvalue weighted by Crippen LogP contribution is -2.21. The summed E-state index contributed by atoms with van der Waals surface area (Å²) >= 11 is 4.30. The van der Waals surface area contributed by atoms with Crippen molar-refractivity contribution in [2.24, 2.45) is 5.92 Å². The van der Waals surface area contributed by atoms with Crippen LogP contribution in [0.15, 0.2) is 34.1 Å². The molecule has 3 rings (SSSR count). The first-order valence-electron chi connectivity index (χ1n) is 8.62. The standard InChI is InChI=1S/C18H20N4O2S3/c1-3-11(4-2)16(24)20-12-5-6-13-14(9-12)27-18(21-13)26-10-15(23)22-17-19-7-8-25-17/h5-9,11H,3-4,10H2,1-2H3,(H,20,24)(H,19,22,23). The van der Waals surface area contributed by atoms with Gasteiger partial charge in [-0.15, -0.1) is 22.7 Å². The molecule has 9 heteroatoms. The highest BCUT2D eigenvalue weighted by molar-refractivity contribution is 8.01. The number of thiazole rings is 2. The van der Waals surface area contributed by atoms with Crippen molar-refractivity contribution in [3.63, 3.8) is 0 Å². The first-order valence-corrected chi connectivity index (χ1v) is 11.3. The molecule has 0 bridgehead atoms. The third-order valence-electron chi connectivity index (χ3n) is 4.00. The van der Waals surface area contributed by atoms with Crippen molar-refractivity contribution in [3.05, 3.63) is 29.8 Å². The van der Waals surface area contributed by atoms with Gasteiger partial charge in [0.25, 0.3) is 0 Å². The molecule has 1 aromatic carbocycles. The van der Waals surface area contributed by atoms with Gasteiger partial charge in [-0.1, -0.05) is 25.6 Å². The first kappa shape index (κ1) is 19.8. The van der Waals surface area contributed by atoms with Gasteiger partial charge in [-0.3, -0.25) is 9.59 Å². The second kappa shape index (κ2) is 9.29. The molecule has 0 aliphatic carbocycles. The SMILES string of the molecule is CCC(CC)C(=O)Nc1ccc2nc(SCC(=O)Nc3nccs3)sc2c1. The number of aromatic nitrogens is 2.